The Morgan fingerprint density at radius 1 is 1.32 bits per heavy atom. The first-order chi connectivity index (χ1) is 17.6. The lowest BCUT2D eigenvalue weighted by atomic mass is 9.90. The third-order valence-corrected chi connectivity index (χ3v) is 7.52. The van der Waals surface area contributed by atoms with Gasteiger partial charge in [-0.3, -0.25) is 19.9 Å². The summed E-state index contributed by atoms with van der Waals surface area (Å²) in [6.45, 7) is 4.29. The van der Waals surface area contributed by atoms with Gasteiger partial charge in [-0.25, -0.2) is 0 Å². The highest BCUT2D eigenvalue weighted by Crippen LogP contribution is 2.39. The van der Waals surface area contributed by atoms with Crippen molar-refractivity contribution in [2.75, 3.05) is 13.7 Å². The lowest BCUT2D eigenvalue weighted by molar-refractivity contribution is -0.132. The second-order valence-electron chi connectivity index (χ2n) is 10.1. The van der Waals surface area contributed by atoms with Crippen molar-refractivity contribution in [3.63, 3.8) is 0 Å². The van der Waals surface area contributed by atoms with Gasteiger partial charge in [0.15, 0.2) is 11.6 Å². The van der Waals surface area contributed by atoms with Gasteiger partial charge in [0.25, 0.3) is 5.91 Å². The molecule has 1 aliphatic carbocycles. The van der Waals surface area contributed by atoms with Crippen LogP contribution in [-0.4, -0.2) is 52.6 Å². The maximum atomic E-state index is 13.4. The minimum atomic E-state index is -1.52. The molecule has 0 aromatic heterocycles. The van der Waals surface area contributed by atoms with E-state index in [0.717, 1.165) is 11.1 Å². The fraction of sp³-hybridized carbons (Fsp3) is 0.414. The van der Waals surface area contributed by atoms with Gasteiger partial charge < -0.3 is 20.5 Å². The van der Waals surface area contributed by atoms with Crippen LogP contribution in [0.1, 0.15) is 72.2 Å². The molecule has 2 aliphatic rings. The number of benzene rings is 2. The summed E-state index contributed by atoms with van der Waals surface area (Å²) < 4.78 is 5.30. The van der Waals surface area contributed by atoms with Crippen LogP contribution in [0.3, 0.4) is 0 Å². The number of fused-ring (bicyclic) bond motifs is 1. The fourth-order valence-electron chi connectivity index (χ4n) is 5.21. The number of guanidine groups is 1. The van der Waals surface area contributed by atoms with E-state index in [1.165, 1.54) is 4.90 Å². The standard InChI is InChI=1S/C29H34N4O4/c1-5-28(3)18-24(34)33(27(30)32-28)23(14-15-37-4)19-11-9-12-20(16-19)26(35)31-25-22-13-8-7-10-21(22)17-29(25,36)6-2/h2,7-13,16,23,25,36H,5,14-15,17-18H2,1,3-4H3,(H2,30,32)(H,31,35)/t23-,25-,28?,29+/m1/s1. The Morgan fingerprint density at radius 2 is 2.08 bits per heavy atom. The van der Waals surface area contributed by atoms with Crippen LogP contribution in [0.15, 0.2) is 48.5 Å². The van der Waals surface area contributed by atoms with Crippen LogP contribution in [0.4, 0.5) is 0 Å². The van der Waals surface area contributed by atoms with E-state index in [0.29, 0.717) is 30.6 Å². The second-order valence-corrected chi connectivity index (χ2v) is 10.1. The second kappa shape index (κ2) is 10.4. The van der Waals surface area contributed by atoms with Crippen molar-refractivity contribution in [3.8, 4) is 12.3 Å². The van der Waals surface area contributed by atoms with Gasteiger partial charge >= 0.3 is 0 Å². The summed E-state index contributed by atoms with van der Waals surface area (Å²) in [6, 6.07) is 13.2. The van der Waals surface area contributed by atoms with E-state index in [2.05, 4.69) is 16.6 Å². The average molecular weight is 503 g/mol. The number of terminal acetylenes is 1. The Balaban J connectivity index is 1.62. The fourth-order valence-corrected chi connectivity index (χ4v) is 5.21. The number of aliphatic hydroxyl groups is 1. The highest BCUT2D eigenvalue weighted by atomic mass is 16.5. The van der Waals surface area contributed by atoms with Gasteiger partial charge in [0.2, 0.25) is 5.91 Å². The number of methoxy groups -OCH3 is 1. The number of hydrogen-bond donors (Lipinski definition) is 4. The molecule has 8 nitrogen and oxygen atoms in total. The van der Waals surface area contributed by atoms with Crippen LogP contribution >= 0.6 is 0 Å². The van der Waals surface area contributed by atoms with E-state index in [9.17, 15) is 14.7 Å². The van der Waals surface area contributed by atoms with Crippen LogP contribution < -0.4 is 10.6 Å². The van der Waals surface area contributed by atoms with Crippen LogP contribution in [-0.2, 0) is 16.0 Å². The number of rotatable bonds is 8. The van der Waals surface area contributed by atoms with Crippen LogP contribution in [0, 0.1) is 17.8 Å². The van der Waals surface area contributed by atoms with Crippen molar-refractivity contribution in [2.24, 2.45) is 0 Å². The van der Waals surface area contributed by atoms with Crippen molar-refractivity contribution >= 4 is 17.8 Å². The molecule has 1 unspecified atom stereocenters. The maximum Gasteiger partial charge on any atom is 0.251 e. The van der Waals surface area contributed by atoms with Crippen molar-refractivity contribution < 1.29 is 19.4 Å². The molecule has 37 heavy (non-hydrogen) atoms. The minimum absolute atomic E-state index is 0.0400. The zero-order chi connectivity index (χ0) is 26.8. The number of carbonyl (C=O) groups excluding carboxylic acids is 2. The molecule has 1 aliphatic heterocycles. The number of ether oxygens (including phenoxy) is 1. The lowest BCUT2D eigenvalue weighted by Gasteiger charge is -2.43. The van der Waals surface area contributed by atoms with Crippen LogP contribution in [0.5, 0.6) is 0 Å². The molecule has 1 heterocycles. The number of carbonyl (C=O) groups is 2. The van der Waals surface area contributed by atoms with Crippen LogP contribution in [0.25, 0.3) is 0 Å². The minimum Gasteiger partial charge on any atom is -0.385 e. The maximum absolute atomic E-state index is 13.4. The molecule has 8 heteroatoms. The molecule has 2 aromatic carbocycles. The van der Waals surface area contributed by atoms with Crippen molar-refractivity contribution in [1.29, 1.82) is 5.41 Å². The zero-order valence-electron chi connectivity index (χ0n) is 21.5. The first-order valence-corrected chi connectivity index (χ1v) is 12.5. The third kappa shape index (κ3) is 5.10. The topological polar surface area (TPSA) is 115 Å². The first-order valence-electron chi connectivity index (χ1n) is 12.5. The molecule has 2 aromatic rings. The van der Waals surface area contributed by atoms with Gasteiger partial charge in [-0.1, -0.05) is 49.2 Å². The summed E-state index contributed by atoms with van der Waals surface area (Å²) in [6.07, 6.45) is 7.36. The highest BCUT2D eigenvalue weighted by Gasteiger charge is 2.45. The predicted molar refractivity (Wildman–Crippen MR) is 141 cm³/mol. The van der Waals surface area contributed by atoms with Gasteiger partial charge in [-0.15, -0.1) is 6.42 Å². The van der Waals surface area contributed by atoms with Gasteiger partial charge in [-0.2, -0.15) is 0 Å². The highest BCUT2D eigenvalue weighted by molar-refractivity contribution is 6.00. The average Bonchev–Trinajstić information content (AvgIpc) is 3.17. The van der Waals surface area contributed by atoms with Crippen LogP contribution in [0.2, 0.25) is 0 Å². The van der Waals surface area contributed by atoms with E-state index >= 15 is 0 Å². The summed E-state index contributed by atoms with van der Waals surface area (Å²) in [5, 5.41) is 25.8. The van der Waals surface area contributed by atoms with Crippen molar-refractivity contribution in [1.82, 2.24) is 15.5 Å². The molecule has 4 N–H and O–H groups in total. The Bertz CT molecular complexity index is 1230. The van der Waals surface area contributed by atoms with Gasteiger partial charge in [0.1, 0.15) is 0 Å². The van der Waals surface area contributed by atoms with Crippen molar-refractivity contribution in [2.45, 2.75) is 62.8 Å². The number of hydrogen-bond acceptors (Lipinski definition) is 5. The summed E-state index contributed by atoms with van der Waals surface area (Å²) in [5.74, 6) is 1.97. The van der Waals surface area contributed by atoms with E-state index in [1.54, 1.807) is 25.3 Å². The normalized spacial score (nSPS) is 25.7. The number of nitrogens with one attached hydrogen (secondary N) is 3. The Labute approximate surface area is 217 Å². The smallest absolute Gasteiger partial charge is 0.251 e. The number of amides is 2. The molecule has 0 radical (unpaired) electrons. The molecule has 4 rings (SSSR count). The molecule has 0 saturated carbocycles. The summed E-state index contributed by atoms with van der Waals surface area (Å²) in [7, 11) is 1.59. The predicted octanol–water partition coefficient (Wildman–Crippen LogP) is 3.08. The van der Waals surface area contributed by atoms with Gasteiger partial charge in [0.05, 0.1) is 18.5 Å². The van der Waals surface area contributed by atoms with Crippen molar-refractivity contribution in [3.05, 3.63) is 70.8 Å². The molecular formula is C29H34N4O4. The molecule has 0 spiro atoms. The molecule has 1 saturated heterocycles. The Kier molecular flexibility index (Phi) is 7.39. The Morgan fingerprint density at radius 3 is 2.76 bits per heavy atom. The Hall–Kier alpha value is -3.67. The molecule has 4 atom stereocenters. The van der Waals surface area contributed by atoms with E-state index < -0.39 is 23.2 Å². The molecule has 194 valence electrons. The van der Waals surface area contributed by atoms with Gasteiger partial charge in [0, 0.05) is 31.2 Å². The van der Waals surface area contributed by atoms with E-state index in [1.807, 2.05) is 44.2 Å². The quantitative estimate of drug-likeness (QED) is 0.414. The summed E-state index contributed by atoms with van der Waals surface area (Å²) in [4.78, 5) is 28.0. The lowest BCUT2D eigenvalue weighted by Crippen LogP contribution is -2.61. The molecule has 0 bridgehead atoms. The number of nitrogens with zero attached hydrogens (tertiary/aromatic N) is 1. The first kappa shape index (κ1) is 26.4. The zero-order valence-corrected chi connectivity index (χ0v) is 21.5. The SMILES string of the molecule is C#C[C@]1(O)Cc2ccccc2[C@H]1NC(=O)c1cccc([C@@H](CCOC)N2C(=N)NC(C)(CC)CC2=O)c1. The molecule has 2 amide bonds. The third-order valence-electron chi connectivity index (χ3n) is 7.52. The van der Waals surface area contributed by atoms with E-state index in [-0.39, 0.29) is 30.6 Å². The van der Waals surface area contributed by atoms with E-state index in [4.69, 9.17) is 16.6 Å². The monoisotopic (exact) mass is 502 g/mol. The molecular weight excluding hydrogens is 468 g/mol. The summed E-state index contributed by atoms with van der Waals surface area (Å²) in [5.41, 5.74) is 0.780. The summed E-state index contributed by atoms with van der Waals surface area (Å²) >= 11 is 0. The largest absolute Gasteiger partial charge is 0.385 e. The molecule has 1 fully saturated rings. The van der Waals surface area contributed by atoms with Gasteiger partial charge in [-0.05, 0) is 48.6 Å².